The van der Waals surface area contributed by atoms with Crippen LogP contribution in [0.3, 0.4) is 0 Å². The molecule has 0 aliphatic carbocycles. The summed E-state index contributed by atoms with van der Waals surface area (Å²) in [6, 6.07) is 23.7. The standard InChI is InChI=1S/C27H28Cl2N2O3/c1-30-27(33)25(18-20-9-4-2-5-10-20)31(19-21-14-15-23(28)24(29)17-21)26(32)13-8-16-34-22-11-6-3-7-12-22/h2-7,9-12,14-15,17,25H,8,13,16,18-19H2,1H3,(H,30,33)/t25-/m1/s1. The van der Waals surface area contributed by atoms with Crippen molar-refractivity contribution in [2.24, 2.45) is 0 Å². The SMILES string of the molecule is CNC(=O)[C@@H](Cc1ccccc1)N(Cc1ccc(Cl)c(Cl)c1)C(=O)CCCOc1ccccc1. The maximum Gasteiger partial charge on any atom is 0.242 e. The predicted molar refractivity (Wildman–Crippen MR) is 136 cm³/mol. The highest BCUT2D eigenvalue weighted by Gasteiger charge is 2.29. The lowest BCUT2D eigenvalue weighted by atomic mass is 10.0. The fourth-order valence-corrected chi connectivity index (χ4v) is 3.95. The minimum Gasteiger partial charge on any atom is -0.494 e. The molecule has 0 heterocycles. The van der Waals surface area contributed by atoms with Gasteiger partial charge in [0.15, 0.2) is 0 Å². The maximum atomic E-state index is 13.4. The number of nitrogens with one attached hydrogen (secondary N) is 1. The third-order valence-corrected chi connectivity index (χ3v) is 6.14. The van der Waals surface area contributed by atoms with Crippen molar-refractivity contribution in [1.29, 1.82) is 0 Å². The molecule has 1 N–H and O–H groups in total. The molecule has 0 aromatic heterocycles. The monoisotopic (exact) mass is 498 g/mol. The number of para-hydroxylation sites is 1. The van der Waals surface area contributed by atoms with Crippen molar-refractivity contribution < 1.29 is 14.3 Å². The molecule has 34 heavy (non-hydrogen) atoms. The van der Waals surface area contributed by atoms with E-state index in [9.17, 15) is 9.59 Å². The summed E-state index contributed by atoms with van der Waals surface area (Å²) in [7, 11) is 1.58. The highest BCUT2D eigenvalue weighted by atomic mass is 35.5. The van der Waals surface area contributed by atoms with Crippen molar-refractivity contribution in [2.75, 3.05) is 13.7 Å². The molecule has 0 bridgehead atoms. The van der Waals surface area contributed by atoms with Crippen LogP contribution in [0.4, 0.5) is 0 Å². The molecule has 0 aliphatic rings. The van der Waals surface area contributed by atoms with Crippen LogP contribution in [0.15, 0.2) is 78.9 Å². The van der Waals surface area contributed by atoms with Gasteiger partial charge in [-0.05, 0) is 41.8 Å². The average molecular weight is 499 g/mol. The van der Waals surface area contributed by atoms with Gasteiger partial charge in [-0.3, -0.25) is 9.59 Å². The molecule has 3 aromatic carbocycles. The number of hydrogen-bond acceptors (Lipinski definition) is 3. The van der Waals surface area contributed by atoms with E-state index in [0.29, 0.717) is 29.5 Å². The minimum atomic E-state index is -0.676. The molecule has 178 valence electrons. The quantitative estimate of drug-likeness (QED) is 0.353. The number of carbonyl (C=O) groups is 2. The first kappa shape index (κ1) is 25.6. The van der Waals surface area contributed by atoms with E-state index in [1.165, 1.54) is 0 Å². The first-order chi connectivity index (χ1) is 16.5. The topological polar surface area (TPSA) is 58.6 Å². The van der Waals surface area contributed by atoms with Gasteiger partial charge in [0.05, 0.1) is 16.7 Å². The number of ether oxygens (including phenoxy) is 1. The molecule has 0 aliphatic heterocycles. The van der Waals surface area contributed by atoms with Gasteiger partial charge < -0.3 is 15.0 Å². The third kappa shape index (κ3) is 7.51. The van der Waals surface area contributed by atoms with Gasteiger partial charge in [0.2, 0.25) is 11.8 Å². The van der Waals surface area contributed by atoms with E-state index in [2.05, 4.69) is 5.32 Å². The number of hydrogen-bond donors (Lipinski definition) is 1. The Bertz CT molecular complexity index is 1080. The third-order valence-electron chi connectivity index (χ3n) is 5.40. The summed E-state index contributed by atoms with van der Waals surface area (Å²) in [6.07, 6.45) is 1.17. The average Bonchev–Trinajstić information content (AvgIpc) is 2.86. The van der Waals surface area contributed by atoms with Gasteiger partial charge in [0.25, 0.3) is 0 Å². The number of rotatable bonds is 11. The lowest BCUT2D eigenvalue weighted by molar-refractivity contribution is -0.141. The number of amides is 2. The van der Waals surface area contributed by atoms with Crippen LogP contribution in [0.25, 0.3) is 0 Å². The predicted octanol–water partition coefficient (Wildman–Crippen LogP) is 5.54. The molecule has 2 amide bonds. The van der Waals surface area contributed by atoms with Gasteiger partial charge in [-0.1, -0.05) is 77.8 Å². The summed E-state index contributed by atoms with van der Waals surface area (Å²) in [5.41, 5.74) is 1.76. The van der Waals surface area contributed by atoms with Crippen molar-refractivity contribution in [2.45, 2.75) is 31.8 Å². The zero-order chi connectivity index (χ0) is 24.3. The fourth-order valence-electron chi connectivity index (χ4n) is 3.63. The summed E-state index contributed by atoms with van der Waals surface area (Å²) >= 11 is 12.3. The molecule has 3 rings (SSSR count). The van der Waals surface area contributed by atoms with Crippen molar-refractivity contribution in [3.05, 3.63) is 100 Å². The number of benzene rings is 3. The Morgan fingerprint density at radius 2 is 1.59 bits per heavy atom. The second-order valence-corrected chi connectivity index (χ2v) is 8.67. The van der Waals surface area contributed by atoms with E-state index in [-0.39, 0.29) is 24.8 Å². The summed E-state index contributed by atoms with van der Waals surface area (Å²) in [4.78, 5) is 27.9. The van der Waals surface area contributed by atoms with Crippen molar-refractivity contribution in [1.82, 2.24) is 10.2 Å². The Labute approximate surface area is 210 Å². The molecule has 0 fully saturated rings. The van der Waals surface area contributed by atoms with Crippen molar-refractivity contribution >= 4 is 35.0 Å². The molecule has 3 aromatic rings. The molecule has 5 nitrogen and oxygen atoms in total. The van der Waals surface area contributed by atoms with Crippen LogP contribution in [0, 0.1) is 0 Å². The van der Waals surface area contributed by atoms with Crippen molar-refractivity contribution in [3.63, 3.8) is 0 Å². The molecular weight excluding hydrogens is 471 g/mol. The zero-order valence-electron chi connectivity index (χ0n) is 19.0. The lowest BCUT2D eigenvalue weighted by Crippen LogP contribution is -2.49. The van der Waals surface area contributed by atoms with Gasteiger partial charge in [-0.15, -0.1) is 0 Å². The van der Waals surface area contributed by atoms with Crippen LogP contribution in [0.2, 0.25) is 10.0 Å². The highest BCUT2D eigenvalue weighted by molar-refractivity contribution is 6.42. The molecule has 1 atom stereocenters. The Hall–Kier alpha value is -3.02. The zero-order valence-corrected chi connectivity index (χ0v) is 20.6. The lowest BCUT2D eigenvalue weighted by Gasteiger charge is -2.31. The van der Waals surface area contributed by atoms with Gasteiger partial charge in [0.1, 0.15) is 11.8 Å². The van der Waals surface area contributed by atoms with Crippen LogP contribution in [0.5, 0.6) is 5.75 Å². The van der Waals surface area contributed by atoms with Crippen LogP contribution in [-0.4, -0.2) is 36.4 Å². The van der Waals surface area contributed by atoms with Crippen LogP contribution < -0.4 is 10.1 Å². The smallest absolute Gasteiger partial charge is 0.242 e. The maximum absolute atomic E-state index is 13.4. The number of nitrogens with zero attached hydrogens (tertiary/aromatic N) is 1. The minimum absolute atomic E-state index is 0.132. The molecule has 0 saturated carbocycles. The van der Waals surface area contributed by atoms with Crippen LogP contribution >= 0.6 is 23.2 Å². The van der Waals surface area contributed by atoms with E-state index in [1.54, 1.807) is 24.1 Å². The van der Waals surface area contributed by atoms with E-state index in [1.807, 2.05) is 66.7 Å². The second-order valence-electron chi connectivity index (χ2n) is 7.85. The Balaban J connectivity index is 1.77. The first-order valence-corrected chi connectivity index (χ1v) is 11.9. The number of carbonyl (C=O) groups excluding carboxylic acids is 2. The summed E-state index contributed by atoms with van der Waals surface area (Å²) < 4.78 is 5.73. The van der Waals surface area contributed by atoms with E-state index < -0.39 is 6.04 Å². The van der Waals surface area contributed by atoms with Gasteiger partial charge >= 0.3 is 0 Å². The molecule has 0 unspecified atom stereocenters. The molecular formula is C27H28Cl2N2O3. The van der Waals surface area contributed by atoms with E-state index >= 15 is 0 Å². The van der Waals surface area contributed by atoms with Crippen molar-refractivity contribution in [3.8, 4) is 5.75 Å². The molecule has 0 saturated heterocycles. The normalized spacial score (nSPS) is 11.5. The Morgan fingerprint density at radius 3 is 2.24 bits per heavy atom. The summed E-state index contributed by atoms with van der Waals surface area (Å²) in [6.45, 7) is 0.639. The highest BCUT2D eigenvalue weighted by Crippen LogP contribution is 2.24. The van der Waals surface area contributed by atoms with E-state index in [4.69, 9.17) is 27.9 Å². The molecule has 0 spiro atoms. The summed E-state index contributed by atoms with van der Waals surface area (Å²) in [5.74, 6) is 0.403. The Morgan fingerprint density at radius 1 is 0.912 bits per heavy atom. The van der Waals surface area contributed by atoms with Crippen LogP contribution in [0.1, 0.15) is 24.0 Å². The Kier molecular flexibility index (Phi) is 9.80. The van der Waals surface area contributed by atoms with Crippen LogP contribution in [-0.2, 0) is 22.6 Å². The molecule has 0 radical (unpaired) electrons. The van der Waals surface area contributed by atoms with Gasteiger partial charge in [0, 0.05) is 26.4 Å². The van der Waals surface area contributed by atoms with Gasteiger partial charge in [-0.2, -0.15) is 0 Å². The molecule has 7 heteroatoms. The fraction of sp³-hybridized carbons (Fsp3) is 0.259. The van der Waals surface area contributed by atoms with E-state index in [0.717, 1.165) is 16.9 Å². The van der Waals surface area contributed by atoms with Gasteiger partial charge in [-0.25, -0.2) is 0 Å². The second kappa shape index (κ2) is 13.0. The number of likely N-dealkylation sites (N-methyl/N-ethyl adjacent to an activating group) is 1. The largest absolute Gasteiger partial charge is 0.494 e. The summed E-state index contributed by atoms with van der Waals surface area (Å²) in [5, 5.41) is 3.55. The number of halogens is 2. The first-order valence-electron chi connectivity index (χ1n) is 11.1.